The molecule has 0 radical (unpaired) electrons. The standard InChI is InChI=1S/C14H18BrNO2/c1-14(2)9-10(7-8-18-14)16-13(17)11-5-3-4-6-12(11)15/h3-6,10H,7-9H2,1-2H3,(H,16,17). The van der Waals surface area contributed by atoms with Crippen LogP contribution in [-0.4, -0.2) is 24.2 Å². The van der Waals surface area contributed by atoms with Gasteiger partial charge in [0.15, 0.2) is 0 Å². The van der Waals surface area contributed by atoms with Gasteiger partial charge in [-0.2, -0.15) is 0 Å². The third-order valence-electron chi connectivity index (χ3n) is 3.15. The SMILES string of the molecule is CC1(C)CC(NC(=O)c2ccccc2Br)CCO1. The average molecular weight is 312 g/mol. The van der Waals surface area contributed by atoms with Crippen molar-refractivity contribution in [3.63, 3.8) is 0 Å². The fourth-order valence-electron chi connectivity index (χ4n) is 2.26. The number of hydrogen-bond donors (Lipinski definition) is 1. The van der Waals surface area contributed by atoms with E-state index in [0.717, 1.165) is 17.3 Å². The first-order chi connectivity index (χ1) is 8.48. The molecule has 1 unspecified atom stereocenters. The molecule has 0 aliphatic carbocycles. The van der Waals surface area contributed by atoms with Gasteiger partial charge in [0.2, 0.25) is 0 Å². The Labute approximate surface area is 116 Å². The maximum atomic E-state index is 12.2. The van der Waals surface area contributed by atoms with Crippen molar-refractivity contribution < 1.29 is 9.53 Å². The lowest BCUT2D eigenvalue weighted by Gasteiger charge is -2.35. The smallest absolute Gasteiger partial charge is 0.252 e. The largest absolute Gasteiger partial charge is 0.375 e. The van der Waals surface area contributed by atoms with Gasteiger partial charge in [0, 0.05) is 17.1 Å². The van der Waals surface area contributed by atoms with Crippen LogP contribution in [0.1, 0.15) is 37.0 Å². The summed E-state index contributed by atoms with van der Waals surface area (Å²) in [6.07, 6.45) is 1.73. The first-order valence-electron chi connectivity index (χ1n) is 6.17. The molecule has 1 amide bonds. The average Bonchev–Trinajstić information content (AvgIpc) is 2.28. The van der Waals surface area contributed by atoms with E-state index in [-0.39, 0.29) is 17.6 Å². The second kappa shape index (κ2) is 5.41. The Morgan fingerprint density at radius 3 is 2.83 bits per heavy atom. The van der Waals surface area contributed by atoms with Crippen LogP contribution in [0.15, 0.2) is 28.7 Å². The topological polar surface area (TPSA) is 38.3 Å². The second-order valence-corrected chi connectivity index (χ2v) is 6.11. The van der Waals surface area contributed by atoms with Gasteiger partial charge >= 0.3 is 0 Å². The number of rotatable bonds is 2. The summed E-state index contributed by atoms with van der Waals surface area (Å²) >= 11 is 3.40. The van der Waals surface area contributed by atoms with E-state index in [9.17, 15) is 4.79 Å². The van der Waals surface area contributed by atoms with Crippen molar-refractivity contribution in [2.75, 3.05) is 6.61 Å². The predicted octanol–water partition coefficient (Wildman–Crippen LogP) is 3.14. The number of halogens is 1. The summed E-state index contributed by atoms with van der Waals surface area (Å²) in [5.41, 5.74) is 0.534. The van der Waals surface area contributed by atoms with Gasteiger partial charge in [-0.05, 0) is 54.8 Å². The van der Waals surface area contributed by atoms with Gasteiger partial charge in [0.25, 0.3) is 5.91 Å². The maximum absolute atomic E-state index is 12.2. The molecular weight excluding hydrogens is 294 g/mol. The fraction of sp³-hybridized carbons (Fsp3) is 0.500. The highest BCUT2D eigenvalue weighted by atomic mass is 79.9. The van der Waals surface area contributed by atoms with Crippen molar-refractivity contribution in [2.45, 2.75) is 38.3 Å². The zero-order valence-corrected chi connectivity index (χ0v) is 12.3. The Hall–Kier alpha value is -0.870. The Bertz CT molecular complexity index is 445. The van der Waals surface area contributed by atoms with E-state index in [1.54, 1.807) is 0 Å². The molecule has 2 rings (SSSR count). The van der Waals surface area contributed by atoms with Crippen molar-refractivity contribution in [1.82, 2.24) is 5.32 Å². The van der Waals surface area contributed by atoms with Gasteiger partial charge in [0.05, 0.1) is 11.2 Å². The van der Waals surface area contributed by atoms with Crippen molar-refractivity contribution in [2.24, 2.45) is 0 Å². The number of benzene rings is 1. The lowest BCUT2D eigenvalue weighted by molar-refractivity contribution is -0.0615. The molecule has 1 N–H and O–H groups in total. The minimum Gasteiger partial charge on any atom is -0.375 e. The van der Waals surface area contributed by atoms with E-state index >= 15 is 0 Å². The van der Waals surface area contributed by atoms with Crippen LogP contribution in [-0.2, 0) is 4.74 Å². The molecule has 0 bridgehead atoms. The molecule has 1 atom stereocenters. The molecule has 1 fully saturated rings. The van der Waals surface area contributed by atoms with E-state index in [4.69, 9.17) is 4.74 Å². The van der Waals surface area contributed by atoms with E-state index in [0.29, 0.717) is 12.2 Å². The van der Waals surface area contributed by atoms with E-state index < -0.39 is 0 Å². The summed E-state index contributed by atoms with van der Waals surface area (Å²) < 4.78 is 6.47. The summed E-state index contributed by atoms with van der Waals surface area (Å²) in [7, 11) is 0. The van der Waals surface area contributed by atoms with Crippen LogP contribution in [0, 0.1) is 0 Å². The first-order valence-corrected chi connectivity index (χ1v) is 6.96. The summed E-state index contributed by atoms with van der Waals surface area (Å²) in [5, 5.41) is 3.08. The number of nitrogens with one attached hydrogen (secondary N) is 1. The molecule has 1 aliphatic heterocycles. The highest BCUT2D eigenvalue weighted by Gasteiger charge is 2.29. The van der Waals surface area contributed by atoms with Gasteiger partial charge in [0.1, 0.15) is 0 Å². The highest BCUT2D eigenvalue weighted by Crippen LogP contribution is 2.24. The molecule has 98 valence electrons. The summed E-state index contributed by atoms with van der Waals surface area (Å²) in [5.74, 6) is -0.0230. The third-order valence-corrected chi connectivity index (χ3v) is 3.84. The van der Waals surface area contributed by atoms with Gasteiger partial charge in [-0.25, -0.2) is 0 Å². The zero-order valence-electron chi connectivity index (χ0n) is 10.7. The van der Waals surface area contributed by atoms with Crippen molar-refractivity contribution >= 4 is 21.8 Å². The molecule has 1 aromatic rings. The maximum Gasteiger partial charge on any atom is 0.252 e. The van der Waals surface area contributed by atoms with Gasteiger partial charge in [-0.15, -0.1) is 0 Å². The van der Waals surface area contributed by atoms with E-state index in [2.05, 4.69) is 35.1 Å². The number of carbonyl (C=O) groups is 1. The molecule has 3 nitrogen and oxygen atoms in total. The molecule has 0 saturated carbocycles. The first kappa shape index (κ1) is 13.6. The summed E-state index contributed by atoms with van der Waals surface area (Å²) in [6.45, 7) is 4.82. The highest BCUT2D eigenvalue weighted by molar-refractivity contribution is 9.10. The van der Waals surface area contributed by atoms with Gasteiger partial charge in [-0.3, -0.25) is 4.79 Å². The van der Waals surface area contributed by atoms with E-state index in [1.807, 2.05) is 24.3 Å². The van der Waals surface area contributed by atoms with Gasteiger partial charge < -0.3 is 10.1 Å². The van der Waals surface area contributed by atoms with Crippen molar-refractivity contribution in [3.05, 3.63) is 34.3 Å². The number of ether oxygens (including phenoxy) is 1. The Morgan fingerprint density at radius 1 is 1.44 bits per heavy atom. The van der Waals surface area contributed by atoms with Crippen molar-refractivity contribution in [1.29, 1.82) is 0 Å². The molecule has 1 heterocycles. The molecule has 1 saturated heterocycles. The van der Waals surface area contributed by atoms with Crippen LogP contribution in [0.2, 0.25) is 0 Å². The zero-order chi connectivity index (χ0) is 13.2. The Balaban J connectivity index is 2.02. The molecule has 0 aromatic heterocycles. The summed E-state index contributed by atoms with van der Waals surface area (Å²) in [6, 6.07) is 7.66. The van der Waals surface area contributed by atoms with Crippen LogP contribution in [0.25, 0.3) is 0 Å². The molecule has 18 heavy (non-hydrogen) atoms. The number of carbonyl (C=O) groups excluding carboxylic acids is 1. The third kappa shape index (κ3) is 3.33. The van der Waals surface area contributed by atoms with Crippen LogP contribution >= 0.6 is 15.9 Å². The Morgan fingerprint density at radius 2 is 2.17 bits per heavy atom. The van der Waals surface area contributed by atoms with Crippen LogP contribution in [0.4, 0.5) is 0 Å². The Kier molecular flexibility index (Phi) is 4.07. The van der Waals surface area contributed by atoms with Crippen molar-refractivity contribution in [3.8, 4) is 0 Å². The van der Waals surface area contributed by atoms with Crippen LogP contribution in [0.3, 0.4) is 0 Å². The molecule has 1 aliphatic rings. The quantitative estimate of drug-likeness (QED) is 0.911. The number of amides is 1. The fourth-order valence-corrected chi connectivity index (χ4v) is 2.73. The molecule has 4 heteroatoms. The second-order valence-electron chi connectivity index (χ2n) is 5.25. The van der Waals surface area contributed by atoms with Crippen LogP contribution in [0.5, 0.6) is 0 Å². The molecule has 0 spiro atoms. The minimum atomic E-state index is -0.149. The summed E-state index contributed by atoms with van der Waals surface area (Å²) in [4.78, 5) is 12.2. The monoisotopic (exact) mass is 311 g/mol. The van der Waals surface area contributed by atoms with Crippen LogP contribution < -0.4 is 5.32 Å². The molecule has 1 aromatic carbocycles. The lowest BCUT2D eigenvalue weighted by atomic mass is 9.94. The lowest BCUT2D eigenvalue weighted by Crippen LogP contribution is -2.45. The minimum absolute atomic E-state index is 0.0230. The van der Waals surface area contributed by atoms with E-state index in [1.165, 1.54) is 0 Å². The number of hydrogen-bond acceptors (Lipinski definition) is 2. The predicted molar refractivity (Wildman–Crippen MR) is 74.7 cm³/mol. The normalized spacial score (nSPS) is 22.5. The molecular formula is C14H18BrNO2. The van der Waals surface area contributed by atoms with Gasteiger partial charge in [-0.1, -0.05) is 12.1 Å².